The van der Waals surface area contributed by atoms with Crippen LogP contribution in [-0.4, -0.2) is 9.78 Å². The normalized spacial score (nSPS) is 12.9. The maximum absolute atomic E-state index is 6.31. The van der Waals surface area contributed by atoms with Gasteiger partial charge in [0.2, 0.25) is 0 Å². The first-order chi connectivity index (χ1) is 9.05. The maximum Gasteiger partial charge on any atom is 0.105 e. The zero-order valence-electron chi connectivity index (χ0n) is 12.2. The first kappa shape index (κ1) is 13.9. The molecule has 0 aromatic carbocycles. The smallest absolute Gasteiger partial charge is 0.105 e. The molecule has 0 aliphatic rings. The molecule has 0 aliphatic heterocycles. The number of furan rings is 1. The van der Waals surface area contributed by atoms with Gasteiger partial charge in [-0.2, -0.15) is 5.10 Å². The fraction of sp³-hybridized carbons (Fsp3) is 0.533. The number of rotatable bonds is 5. The van der Waals surface area contributed by atoms with Gasteiger partial charge in [0.25, 0.3) is 0 Å². The summed E-state index contributed by atoms with van der Waals surface area (Å²) in [5.74, 6) is 1.84. The number of nitrogens with two attached hydrogens (primary N) is 1. The predicted octanol–water partition coefficient (Wildman–Crippen LogP) is 2.92. The first-order valence-electron chi connectivity index (χ1n) is 6.93. The third-order valence-electron chi connectivity index (χ3n) is 3.48. The SMILES string of the molecule is CCc1cc(CC(N)c2cc(C)oc2C)n(CC)n1. The van der Waals surface area contributed by atoms with E-state index in [9.17, 15) is 0 Å². The van der Waals surface area contributed by atoms with E-state index in [1.54, 1.807) is 0 Å². The maximum atomic E-state index is 6.31. The van der Waals surface area contributed by atoms with E-state index in [0.29, 0.717) is 0 Å². The van der Waals surface area contributed by atoms with E-state index in [1.807, 2.05) is 24.6 Å². The van der Waals surface area contributed by atoms with Crippen molar-refractivity contribution in [3.63, 3.8) is 0 Å². The average Bonchev–Trinajstić information content (AvgIpc) is 2.92. The van der Waals surface area contributed by atoms with Gasteiger partial charge in [0.15, 0.2) is 0 Å². The van der Waals surface area contributed by atoms with Gasteiger partial charge in [-0.1, -0.05) is 6.92 Å². The molecule has 2 heterocycles. The van der Waals surface area contributed by atoms with Crippen LogP contribution in [0.4, 0.5) is 0 Å². The molecule has 0 fully saturated rings. The van der Waals surface area contributed by atoms with Crippen LogP contribution in [0.1, 0.15) is 48.4 Å². The molecule has 0 spiro atoms. The van der Waals surface area contributed by atoms with Crippen LogP contribution >= 0.6 is 0 Å². The molecule has 0 bridgehead atoms. The van der Waals surface area contributed by atoms with Gasteiger partial charge in [0.1, 0.15) is 11.5 Å². The molecule has 0 saturated carbocycles. The Morgan fingerprint density at radius 3 is 2.58 bits per heavy atom. The second-order valence-corrected chi connectivity index (χ2v) is 4.98. The van der Waals surface area contributed by atoms with Crippen LogP contribution in [0.15, 0.2) is 16.5 Å². The molecule has 0 amide bonds. The Hall–Kier alpha value is -1.55. The number of hydrogen-bond donors (Lipinski definition) is 1. The quantitative estimate of drug-likeness (QED) is 0.900. The zero-order valence-corrected chi connectivity index (χ0v) is 12.2. The zero-order chi connectivity index (χ0) is 14.0. The van der Waals surface area contributed by atoms with E-state index in [-0.39, 0.29) is 6.04 Å². The van der Waals surface area contributed by atoms with Crippen molar-refractivity contribution in [2.75, 3.05) is 0 Å². The van der Waals surface area contributed by atoms with Crippen molar-refractivity contribution in [2.45, 2.75) is 53.1 Å². The lowest BCUT2D eigenvalue weighted by Gasteiger charge is -2.11. The lowest BCUT2D eigenvalue weighted by atomic mass is 10.0. The van der Waals surface area contributed by atoms with Gasteiger partial charge in [-0.05, 0) is 39.3 Å². The minimum atomic E-state index is -0.0378. The number of hydrogen-bond acceptors (Lipinski definition) is 3. The molecule has 2 aromatic heterocycles. The highest BCUT2D eigenvalue weighted by atomic mass is 16.3. The average molecular weight is 261 g/mol. The van der Waals surface area contributed by atoms with Crippen molar-refractivity contribution in [3.8, 4) is 0 Å². The van der Waals surface area contributed by atoms with Crippen molar-refractivity contribution in [1.29, 1.82) is 0 Å². The first-order valence-corrected chi connectivity index (χ1v) is 6.93. The molecule has 19 heavy (non-hydrogen) atoms. The van der Waals surface area contributed by atoms with Crippen molar-refractivity contribution in [1.82, 2.24) is 9.78 Å². The van der Waals surface area contributed by atoms with Crippen LogP contribution < -0.4 is 5.73 Å². The van der Waals surface area contributed by atoms with Crippen molar-refractivity contribution in [2.24, 2.45) is 5.73 Å². The summed E-state index contributed by atoms with van der Waals surface area (Å²) in [5.41, 5.74) is 9.74. The van der Waals surface area contributed by atoms with Gasteiger partial charge < -0.3 is 10.2 Å². The van der Waals surface area contributed by atoms with Gasteiger partial charge in [-0.3, -0.25) is 4.68 Å². The molecule has 0 aliphatic carbocycles. The Labute approximate surface area is 114 Å². The van der Waals surface area contributed by atoms with Crippen LogP contribution in [0.2, 0.25) is 0 Å². The largest absolute Gasteiger partial charge is 0.466 e. The van der Waals surface area contributed by atoms with Crippen LogP contribution in [0.25, 0.3) is 0 Å². The van der Waals surface area contributed by atoms with Gasteiger partial charge in [-0.15, -0.1) is 0 Å². The second-order valence-electron chi connectivity index (χ2n) is 4.98. The highest BCUT2D eigenvalue weighted by Crippen LogP contribution is 2.23. The molecule has 4 heteroatoms. The van der Waals surface area contributed by atoms with Crippen LogP contribution in [0.5, 0.6) is 0 Å². The van der Waals surface area contributed by atoms with Gasteiger partial charge in [0, 0.05) is 30.3 Å². The number of nitrogens with zero attached hydrogens (tertiary/aromatic N) is 2. The molecule has 4 nitrogen and oxygen atoms in total. The summed E-state index contributed by atoms with van der Waals surface area (Å²) in [6, 6.07) is 4.16. The summed E-state index contributed by atoms with van der Waals surface area (Å²) in [4.78, 5) is 0. The number of aromatic nitrogens is 2. The Morgan fingerprint density at radius 1 is 1.32 bits per heavy atom. The summed E-state index contributed by atoms with van der Waals surface area (Å²) in [6.07, 6.45) is 1.75. The molecular formula is C15H23N3O. The Kier molecular flexibility index (Phi) is 4.10. The molecule has 2 N–H and O–H groups in total. The second kappa shape index (κ2) is 5.61. The standard InChI is InChI=1S/C15H23N3O/c1-5-12-8-13(18(6-2)17-12)9-15(16)14-7-10(3)19-11(14)4/h7-8,15H,5-6,9,16H2,1-4H3. The highest BCUT2D eigenvalue weighted by molar-refractivity contribution is 5.25. The minimum absolute atomic E-state index is 0.0378. The molecule has 2 aromatic rings. The Morgan fingerprint density at radius 2 is 2.05 bits per heavy atom. The van der Waals surface area contributed by atoms with E-state index in [0.717, 1.165) is 42.2 Å². The van der Waals surface area contributed by atoms with Gasteiger partial charge in [0.05, 0.1) is 5.69 Å². The highest BCUT2D eigenvalue weighted by Gasteiger charge is 2.16. The minimum Gasteiger partial charge on any atom is -0.466 e. The fourth-order valence-electron chi connectivity index (χ4n) is 2.48. The molecular weight excluding hydrogens is 238 g/mol. The Balaban J connectivity index is 2.20. The van der Waals surface area contributed by atoms with Crippen LogP contribution in [0.3, 0.4) is 0 Å². The molecule has 1 atom stereocenters. The van der Waals surface area contributed by atoms with Crippen LogP contribution in [0, 0.1) is 13.8 Å². The summed E-state index contributed by atoms with van der Waals surface area (Å²) < 4.78 is 7.60. The van der Waals surface area contributed by atoms with E-state index in [4.69, 9.17) is 10.2 Å². The lowest BCUT2D eigenvalue weighted by molar-refractivity contribution is 0.495. The Bertz CT molecular complexity index is 554. The van der Waals surface area contributed by atoms with Gasteiger partial charge >= 0.3 is 0 Å². The fourth-order valence-corrected chi connectivity index (χ4v) is 2.48. The van der Waals surface area contributed by atoms with Gasteiger partial charge in [-0.25, -0.2) is 0 Å². The molecule has 1 unspecified atom stereocenters. The third-order valence-corrected chi connectivity index (χ3v) is 3.48. The van der Waals surface area contributed by atoms with Crippen LogP contribution in [-0.2, 0) is 19.4 Å². The topological polar surface area (TPSA) is 57.0 Å². The van der Waals surface area contributed by atoms with Crippen molar-refractivity contribution >= 4 is 0 Å². The van der Waals surface area contributed by atoms with Crippen molar-refractivity contribution < 1.29 is 4.42 Å². The van der Waals surface area contributed by atoms with E-state index >= 15 is 0 Å². The van der Waals surface area contributed by atoms with Crippen molar-refractivity contribution in [3.05, 3.63) is 40.6 Å². The summed E-state index contributed by atoms with van der Waals surface area (Å²) >= 11 is 0. The van der Waals surface area contributed by atoms with E-state index < -0.39 is 0 Å². The number of aryl methyl sites for hydroxylation is 4. The molecule has 2 rings (SSSR count). The molecule has 104 valence electrons. The molecule has 0 saturated heterocycles. The predicted molar refractivity (Wildman–Crippen MR) is 76.1 cm³/mol. The summed E-state index contributed by atoms with van der Waals surface area (Å²) in [6.45, 7) is 9.03. The molecule has 0 radical (unpaired) electrons. The monoisotopic (exact) mass is 261 g/mol. The summed E-state index contributed by atoms with van der Waals surface area (Å²) in [5, 5.41) is 4.56. The lowest BCUT2D eigenvalue weighted by Crippen LogP contribution is -2.16. The summed E-state index contributed by atoms with van der Waals surface area (Å²) in [7, 11) is 0. The van der Waals surface area contributed by atoms with E-state index in [1.165, 1.54) is 5.69 Å². The third kappa shape index (κ3) is 2.89. The van der Waals surface area contributed by atoms with E-state index in [2.05, 4.69) is 25.0 Å².